The maximum absolute atomic E-state index is 12.8. The molecule has 2 nitrogen and oxygen atoms in total. The van der Waals surface area contributed by atoms with Crippen LogP contribution in [0.4, 0.5) is 13.2 Å². The van der Waals surface area contributed by atoms with Gasteiger partial charge < -0.3 is 10.8 Å². The van der Waals surface area contributed by atoms with Crippen LogP contribution in [0.1, 0.15) is 58.3 Å². The van der Waals surface area contributed by atoms with Crippen LogP contribution < -0.4 is 5.73 Å². The van der Waals surface area contributed by atoms with E-state index in [0.717, 1.165) is 25.7 Å². The Hall–Kier alpha value is -0.290. The third-order valence-corrected chi connectivity index (χ3v) is 5.94. The summed E-state index contributed by atoms with van der Waals surface area (Å²) in [4.78, 5) is 0. The summed E-state index contributed by atoms with van der Waals surface area (Å²) in [6.45, 7) is 2.51. The Morgan fingerprint density at radius 3 is 2.15 bits per heavy atom. The lowest BCUT2D eigenvalue weighted by molar-refractivity contribution is -0.203. The largest absolute Gasteiger partial charge is 0.391 e. The summed E-state index contributed by atoms with van der Waals surface area (Å²) in [5.41, 5.74) is 4.59. The average molecular weight is 293 g/mol. The van der Waals surface area contributed by atoms with E-state index in [1.54, 1.807) is 0 Å². The molecule has 118 valence electrons. The Bertz CT molecular complexity index is 337. The van der Waals surface area contributed by atoms with E-state index >= 15 is 0 Å². The third kappa shape index (κ3) is 2.71. The predicted octanol–water partition coefficient (Wildman–Crippen LogP) is 3.63. The fourth-order valence-corrected chi connectivity index (χ4v) is 4.34. The van der Waals surface area contributed by atoms with Gasteiger partial charge in [0.25, 0.3) is 0 Å². The highest BCUT2D eigenvalue weighted by Gasteiger charge is 2.56. The minimum atomic E-state index is -4.13. The molecule has 0 saturated heterocycles. The van der Waals surface area contributed by atoms with E-state index in [-0.39, 0.29) is 31.1 Å². The minimum Gasteiger partial charge on any atom is -0.389 e. The Morgan fingerprint density at radius 1 is 1.15 bits per heavy atom. The molecule has 20 heavy (non-hydrogen) atoms. The van der Waals surface area contributed by atoms with Gasteiger partial charge in [-0.2, -0.15) is 13.2 Å². The molecule has 2 aliphatic carbocycles. The van der Waals surface area contributed by atoms with Gasteiger partial charge in [0.05, 0.1) is 11.5 Å². The first-order chi connectivity index (χ1) is 9.26. The number of alkyl halides is 3. The Balaban J connectivity index is 2.08. The van der Waals surface area contributed by atoms with Gasteiger partial charge in [-0.1, -0.05) is 13.3 Å². The fourth-order valence-electron chi connectivity index (χ4n) is 4.34. The third-order valence-electron chi connectivity index (χ3n) is 5.94. The molecule has 0 spiro atoms. The first kappa shape index (κ1) is 16.1. The van der Waals surface area contributed by atoms with Gasteiger partial charge in [-0.15, -0.1) is 0 Å². The second kappa shape index (κ2) is 5.48. The number of hydrogen-bond acceptors (Lipinski definition) is 2. The molecule has 2 unspecified atom stereocenters. The Labute approximate surface area is 118 Å². The summed E-state index contributed by atoms with van der Waals surface area (Å²) in [5, 5.41) is 11.0. The van der Waals surface area contributed by atoms with Crippen molar-refractivity contribution in [3.8, 4) is 0 Å². The lowest BCUT2D eigenvalue weighted by atomic mass is 9.62. The molecule has 0 aromatic rings. The van der Waals surface area contributed by atoms with Gasteiger partial charge in [-0.3, -0.25) is 0 Å². The maximum Gasteiger partial charge on any atom is 0.391 e. The standard InChI is InChI=1S/C15H26F3NO/c1-2-11-3-6-13(9-11,10-19)14(20)7-4-12(5-8-14)15(16,17)18/h11-12,20H,2-10,19H2,1H3. The van der Waals surface area contributed by atoms with Crippen LogP contribution in [-0.2, 0) is 0 Å². The highest BCUT2D eigenvalue weighted by atomic mass is 19.4. The van der Waals surface area contributed by atoms with Gasteiger partial charge >= 0.3 is 6.18 Å². The molecule has 0 bridgehead atoms. The number of hydrogen-bond donors (Lipinski definition) is 2. The SMILES string of the molecule is CCC1CCC(CN)(C2(O)CCC(C(F)(F)F)CC2)C1. The molecular formula is C15H26F3NO. The molecule has 0 heterocycles. The van der Waals surface area contributed by atoms with Gasteiger partial charge in [0.15, 0.2) is 0 Å². The smallest absolute Gasteiger partial charge is 0.389 e. The van der Waals surface area contributed by atoms with E-state index in [4.69, 9.17) is 5.73 Å². The Morgan fingerprint density at radius 2 is 1.75 bits per heavy atom. The van der Waals surface area contributed by atoms with E-state index < -0.39 is 17.7 Å². The molecule has 0 aromatic carbocycles. The van der Waals surface area contributed by atoms with Crippen molar-refractivity contribution < 1.29 is 18.3 Å². The monoisotopic (exact) mass is 293 g/mol. The van der Waals surface area contributed by atoms with Crippen LogP contribution in [0.25, 0.3) is 0 Å². The lowest BCUT2D eigenvalue weighted by Gasteiger charge is -2.49. The van der Waals surface area contributed by atoms with Crippen LogP contribution in [0.5, 0.6) is 0 Å². The van der Waals surface area contributed by atoms with Gasteiger partial charge in [0, 0.05) is 12.0 Å². The van der Waals surface area contributed by atoms with Crippen molar-refractivity contribution in [2.75, 3.05) is 6.54 Å². The highest BCUT2D eigenvalue weighted by molar-refractivity contribution is 5.06. The van der Waals surface area contributed by atoms with Crippen molar-refractivity contribution in [1.82, 2.24) is 0 Å². The van der Waals surface area contributed by atoms with Crippen molar-refractivity contribution in [2.45, 2.75) is 70.1 Å². The van der Waals surface area contributed by atoms with Gasteiger partial charge in [0.1, 0.15) is 0 Å². The zero-order chi connectivity index (χ0) is 15.0. The quantitative estimate of drug-likeness (QED) is 0.834. The van der Waals surface area contributed by atoms with E-state index in [2.05, 4.69) is 6.92 Å². The van der Waals surface area contributed by atoms with E-state index in [1.165, 1.54) is 0 Å². The summed E-state index contributed by atoms with van der Waals surface area (Å²) in [6.07, 6.45) is 0.260. The number of halogens is 3. The van der Waals surface area contributed by atoms with Crippen molar-refractivity contribution in [3.05, 3.63) is 0 Å². The molecule has 0 radical (unpaired) electrons. The molecule has 2 atom stereocenters. The summed E-state index contributed by atoms with van der Waals surface area (Å²) in [6, 6.07) is 0. The average Bonchev–Trinajstić information content (AvgIpc) is 2.83. The lowest BCUT2D eigenvalue weighted by Crippen LogP contribution is -2.54. The number of aliphatic hydroxyl groups is 1. The van der Waals surface area contributed by atoms with Crippen LogP contribution >= 0.6 is 0 Å². The van der Waals surface area contributed by atoms with E-state index in [1.807, 2.05) is 0 Å². The van der Waals surface area contributed by atoms with Crippen molar-refractivity contribution >= 4 is 0 Å². The molecule has 2 fully saturated rings. The second-order valence-electron chi connectivity index (χ2n) is 6.85. The second-order valence-corrected chi connectivity index (χ2v) is 6.85. The van der Waals surface area contributed by atoms with Crippen LogP contribution in [-0.4, -0.2) is 23.4 Å². The molecule has 0 amide bonds. The van der Waals surface area contributed by atoms with Crippen LogP contribution in [0.15, 0.2) is 0 Å². The summed E-state index contributed by atoms with van der Waals surface area (Å²) in [5.74, 6) is -0.691. The van der Waals surface area contributed by atoms with Crippen LogP contribution in [0, 0.1) is 17.3 Å². The normalized spacial score (nSPS) is 42.9. The van der Waals surface area contributed by atoms with Gasteiger partial charge in [-0.25, -0.2) is 0 Å². The van der Waals surface area contributed by atoms with Crippen molar-refractivity contribution in [3.63, 3.8) is 0 Å². The molecule has 2 saturated carbocycles. The number of rotatable bonds is 3. The van der Waals surface area contributed by atoms with Crippen LogP contribution in [0.2, 0.25) is 0 Å². The molecule has 3 N–H and O–H groups in total. The van der Waals surface area contributed by atoms with E-state index in [0.29, 0.717) is 12.5 Å². The summed E-state index contributed by atoms with van der Waals surface area (Å²) < 4.78 is 38.3. The topological polar surface area (TPSA) is 46.2 Å². The summed E-state index contributed by atoms with van der Waals surface area (Å²) in [7, 11) is 0. The predicted molar refractivity (Wildman–Crippen MR) is 72.1 cm³/mol. The van der Waals surface area contributed by atoms with Crippen LogP contribution in [0.3, 0.4) is 0 Å². The molecule has 5 heteroatoms. The first-order valence-corrected chi connectivity index (χ1v) is 7.75. The minimum absolute atomic E-state index is 0.0402. The number of nitrogens with two attached hydrogens (primary N) is 1. The van der Waals surface area contributed by atoms with Crippen molar-refractivity contribution in [1.29, 1.82) is 0 Å². The molecular weight excluding hydrogens is 267 g/mol. The summed E-state index contributed by atoms with van der Waals surface area (Å²) >= 11 is 0. The van der Waals surface area contributed by atoms with Gasteiger partial charge in [0.2, 0.25) is 0 Å². The maximum atomic E-state index is 12.8. The molecule has 0 aliphatic heterocycles. The zero-order valence-corrected chi connectivity index (χ0v) is 12.2. The first-order valence-electron chi connectivity index (χ1n) is 7.75. The molecule has 0 aromatic heterocycles. The van der Waals surface area contributed by atoms with Gasteiger partial charge in [-0.05, 0) is 50.9 Å². The Kier molecular flexibility index (Phi) is 4.41. The zero-order valence-electron chi connectivity index (χ0n) is 12.2. The van der Waals surface area contributed by atoms with Crippen molar-refractivity contribution in [2.24, 2.45) is 23.0 Å². The fraction of sp³-hybridized carbons (Fsp3) is 1.00. The highest BCUT2D eigenvalue weighted by Crippen LogP contribution is 2.55. The molecule has 2 rings (SSSR count). The molecule has 2 aliphatic rings. The van der Waals surface area contributed by atoms with E-state index in [9.17, 15) is 18.3 Å².